The summed E-state index contributed by atoms with van der Waals surface area (Å²) in [7, 11) is 0. The van der Waals surface area contributed by atoms with Gasteiger partial charge in [0.2, 0.25) is 0 Å². The molecule has 0 bridgehead atoms. The summed E-state index contributed by atoms with van der Waals surface area (Å²) in [5, 5.41) is 16.3. The zero-order chi connectivity index (χ0) is 15.4. The number of aromatic nitrogens is 1. The number of nitrogens with one attached hydrogen (secondary N) is 1. The fourth-order valence-corrected chi connectivity index (χ4v) is 2.44. The largest absolute Gasteiger partial charge is 0.393 e. The van der Waals surface area contributed by atoms with Crippen LogP contribution in [0.25, 0.3) is 0 Å². The number of nitrogen functional groups attached to an aromatic ring is 1. The standard InChI is InChI=1S/C13H14N4O3S/c1-8-16-10(7-21-8)4-5-15-13(18)9-2-3-12(17(19)20)11(14)6-9/h2-3,6-7H,4-5,14H2,1H3,(H,15,18). The number of nitrogens with zero attached hydrogens (tertiary/aromatic N) is 2. The lowest BCUT2D eigenvalue weighted by Crippen LogP contribution is -2.25. The van der Waals surface area contributed by atoms with E-state index in [0.29, 0.717) is 18.5 Å². The van der Waals surface area contributed by atoms with Crippen LogP contribution in [0.2, 0.25) is 0 Å². The number of anilines is 1. The summed E-state index contributed by atoms with van der Waals surface area (Å²) >= 11 is 1.56. The SMILES string of the molecule is Cc1nc(CCNC(=O)c2ccc([N+](=O)[O-])c(N)c2)cs1. The van der Waals surface area contributed by atoms with Crippen LogP contribution in [0.1, 0.15) is 21.1 Å². The van der Waals surface area contributed by atoms with E-state index in [9.17, 15) is 14.9 Å². The fourth-order valence-electron chi connectivity index (χ4n) is 1.79. The van der Waals surface area contributed by atoms with Crippen molar-refractivity contribution in [2.45, 2.75) is 13.3 Å². The molecule has 2 aromatic rings. The van der Waals surface area contributed by atoms with Crippen LogP contribution in [-0.4, -0.2) is 22.4 Å². The van der Waals surface area contributed by atoms with Gasteiger partial charge in [0.15, 0.2) is 0 Å². The third-order valence-corrected chi connectivity index (χ3v) is 3.64. The van der Waals surface area contributed by atoms with Gasteiger partial charge in [0.05, 0.1) is 15.6 Å². The molecule has 1 aromatic carbocycles. The molecule has 0 radical (unpaired) electrons. The summed E-state index contributed by atoms with van der Waals surface area (Å²) in [6, 6.07) is 3.92. The van der Waals surface area contributed by atoms with E-state index in [4.69, 9.17) is 5.73 Å². The number of amides is 1. The van der Waals surface area contributed by atoms with E-state index < -0.39 is 4.92 Å². The predicted molar refractivity (Wildman–Crippen MR) is 80.4 cm³/mol. The van der Waals surface area contributed by atoms with Crippen molar-refractivity contribution in [2.24, 2.45) is 0 Å². The van der Waals surface area contributed by atoms with E-state index in [1.165, 1.54) is 18.2 Å². The Kier molecular flexibility index (Phi) is 4.49. The molecule has 0 unspecified atom stereocenters. The van der Waals surface area contributed by atoms with Crippen molar-refractivity contribution in [3.63, 3.8) is 0 Å². The van der Waals surface area contributed by atoms with Gasteiger partial charge in [0.1, 0.15) is 5.69 Å². The molecule has 3 N–H and O–H groups in total. The van der Waals surface area contributed by atoms with Gasteiger partial charge in [-0.2, -0.15) is 0 Å². The van der Waals surface area contributed by atoms with Crippen LogP contribution in [0.5, 0.6) is 0 Å². The number of nitro groups is 1. The molecule has 0 saturated heterocycles. The first kappa shape index (κ1) is 14.9. The van der Waals surface area contributed by atoms with Crippen LogP contribution >= 0.6 is 11.3 Å². The average Bonchev–Trinajstić information content (AvgIpc) is 2.83. The highest BCUT2D eigenvalue weighted by atomic mass is 32.1. The lowest BCUT2D eigenvalue weighted by molar-refractivity contribution is -0.383. The maximum atomic E-state index is 11.9. The van der Waals surface area contributed by atoms with Crippen LogP contribution in [-0.2, 0) is 6.42 Å². The first-order valence-electron chi connectivity index (χ1n) is 6.20. The van der Waals surface area contributed by atoms with E-state index in [0.717, 1.165) is 10.7 Å². The van der Waals surface area contributed by atoms with Crippen molar-refractivity contribution in [1.29, 1.82) is 0 Å². The molecule has 0 spiro atoms. The lowest BCUT2D eigenvalue weighted by Gasteiger charge is -2.05. The molecule has 7 nitrogen and oxygen atoms in total. The summed E-state index contributed by atoms with van der Waals surface area (Å²) in [6.45, 7) is 2.37. The Morgan fingerprint density at radius 3 is 2.86 bits per heavy atom. The van der Waals surface area contributed by atoms with Gasteiger partial charge in [0.25, 0.3) is 11.6 Å². The van der Waals surface area contributed by atoms with Gasteiger partial charge in [-0.05, 0) is 19.1 Å². The van der Waals surface area contributed by atoms with Crippen LogP contribution in [0, 0.1) is 17.0 Å². The predicted octanol–water partition coefficient (Wildman–Crippen LogP) is 1.91. The molecular formula is C13H14N4O3S. The van der Waals surface area contributed by atoms with Crippen molar-refractivity contribution in [3.8, 4) is 0 Å². The van der Waals surface area contributed by atoms with E-state index in [1.54, 1.807) is 11.3 Å². The van der Waals surface area contributed by atoms with Gasteiger partial charge in [-0.3, -0.25) is 14.9 Å². The molecular weight excluding hydrogens is 292 g/mol. The molecule has 8 heteroatoms. The van der Waals surface area contributed by atoms with Crippen molar-refractivity contribution in [3.05, 3.63) is 50.0 Å². The summed E-state index contributed by atoms with van der Waals surface area (Å²) in [5.74, 6) is -0.316. The molecule has 0 aliphatic rings. The quantitative estimate of drug-likeness (QED) is 0.498. The second kappa shape index (κ2) is 6.31. The zero-order valence-corrected chi connectivity index (χ0v) is 12.1. The number of nitro benzene ring substituents is 1. The number of nitrogens with two attached hydrogens (primary N) is 1. The Labute approximate surface area is 125 Å². The molecule has 0 atom stereocenters. The normalized spacial score (nSPS) is 10.3. The maximum Gasteiger partial charge on any atom is 0.292 e. The van der Waals surface area contributed by atoms with Crippen molar-refractivity contribution >= 4 is 28.6 Å². The summed E-state index contributed by atoms with van der Waals surface area (Å²) < 4.78 is 0. The minimum absolute atomic E-state index is 0.0252. The van der Waals surface area contributed by atoms with Gasteiger partial charge < -0.3 is 11.1 Å². The smallest absolute Gasteiger partial charge is 0.292 e. The highest BCUT2D eigenvalue weighted by molar-refractivity contribution is 7.09. The van der Waals surface area contributed by atoms with Crippen LogP contribution in [0.15, 0.2) is 23.6 Å². The van der Waals surface area contributed by atoms with Gasteiger partial charge in [-0.1, -0.05) is 0 Å². The second-order valence-corrected chi connectivity index (χ2v) is 5.46. The van der Waals surface area contributed by atoms with Crippen molar-refractivity contribution in [1.82, 2.24) is 10.3 Å². The third kappa shape index (κ3) is 3.76. The van der Waals surface area contributed by atoms with Crippen LogP contribution in [0.3, 0.4) is 0 Å². The summed E-state index contributed by atoms with van der Waals surface area (Å²) in [4.78, 5) is 26.3. The Balaban J connectivity index is 1.94. The molecule has 1 amide bonds. The van der Waals surface area contributed by atoms with Crippen LogP contribution < -0.4 is 11.1 Å². The molecule has 0 fully saturated rings. The second-order valence-electron chi connectivity index (χ2n) is 4.39. The number of rotatable bonds is 5. The first-order valence-corrected chi connectivity index (χ1v) is 7.08. The Bertz CT molecular complexity index is 684. The third-order valence-electron chi connectivity index (χ3n) is 2.82. The maximum absolute atomic E-state index is 11.9. The molecule has 0 aliphatic heterocycles. The number of benzene rings is 1. The van der Waals surface area contributed by atoms with E-state index in [1.807, 2.05) is 12.3 Å². The molecule has 0 saturated carbocycles. The van der Waals surface area contributed by atoms with Gasteiger partial charge in [-0.25, -0.2) is 4.98 Å². The molecule has 0 aliphatic carbocycles. The lowest BCUT2D eigenvalue weighted by atomic mass is 10.1. The molecule has 1 heterocycles. The van der Waals surface area contributed by atoms with E-state index >= 15 is 0 Å². The number of carbonyl (C=O) groups excluding carboxylic acids is 1. The molecule has 1 aromatic heterocycles. The number of aryl methyl sites for hydroxylation is 1. The fraction of sp³-hybridized carbons (Fsp3) is 0.231. The Morgan fingerprint density at radius 1 is 1.52 bits per heavy atom. The average molecular weight is 306 g/mol. The minimum Gasteiger partial charge on any atom is -0.393 e. The number of hydrogen-bond donors (Lipinski definition) is 2. The Morgan fingerprint density at radius 2 is 2.29 bits per heavy atom. The molecule has 2 rings (SSSR count). The summed E-state index contributed by atoms with van der Waals surface area (Å²) in [6.07, 6.45) is 0.637. The first-order chi connectivity index (χ1) is 9.97. The summed E-state index contributed by atoms with van der Waals surface area (Å²) in [5.41, 5.74) is 6.55. The van der Waals surface area contributed by atoms with E-state index in [-0.39, 0.29) is 17.3 Å². The Hall–Kier alpha value is -2.48. The topological polar surface area (TPSA) is 111 Å². The highest BCUT2D eigenvalue weighted by Crippen LogP contribution is 2.21. The monoisotopic (exact) mass is 306 g/mol. The van der Waals surface area contributed by atoms with E-state index in [2.05, 4.69) is 10.3 Å². The van der Waals surface area contributed by atoms with Gasteiger partial charge in [-0.15, -0.1) is 11.3 Å². The van der Waals surface area contributed by atoms with Gasteiger partial charge >= 0.3 is 0 Å². The van der Waals surface area contributed by atoms with Gasteiger partial charge in [0, 0.05) is 30.0 Å². The zero-order valence-electron chi connectivity index (χ0n) is 11.3. The number of hydrogen-bond acceptors (Lipinski definition) is 6. The molecule has 21 heavy (non-hydrogen) atoms. The minimum atomic E-state index is -0.582. The molecule has 110 valence electrons. The highest BCUT2D eigenvalue weighted by Gasteiger charge is 2.14. The van der Waals surface area contributed by atoms with Crippen molar-refractivity contribution in [2.75, 3.05) is 12.3 Å². The number of carbonyl (C=O) groups is 1. The number of thiazole rings is 1. The van der Waals surface area contributed by atoms with Crippen LogP contribution in [0.4, 0.5) is 11.4 Å². The van der Waals surface area contributed by atoms with Crippen molar-refractivity contribution < 1.29 is 9.72 Å².